The number of hydrogen-bond donors (Lipinski definition) is 1. The number of rotatable bonds is 4. The van der Waals surface area contributed by atoms with Gasteiger partial charge in [0.1, 0.15) is 0 Å². The second-order valence-electron chi connectivity index (χ2n) is 8.40. The van der Waals surface area contributed by atoms with Crippen molar-refractivity contribution in [3.8, 4) is 0 Å². The van der Waals surface area contributed by atoms with Crippen LogP contribution in [-0.4, -0.2) is 48.1 Å². The van der Waals surface area contributed by atoms with E-state index in [1.165, 1.54) is 11.3 Å². The van der Waals surface area contributed by atoms with E-state index in [9.17, 15) is 14.7 Å². The van der Waals surface area contributed by atoms with Gasteiger partial charge in [-0.3, -0.25) is 9.59 Å². The largest absolute Gasteiger partial charge is 0.481 e. The van der Waals surface area contributed by atoms with Gasteiger partial charge in [-0.2, -0.15) is 0 Å². The smallest absolute Gasteiger partial charge is 0.310 e. The molecule has 1 aromatic rings. The van der Waals surface area contributed by atoms with Crippen molar-refractivity contribution in [2.24, 2.45) is 5.41 Å². The summed E-state index contributed by atoms with van der Waals surface area (Å²) in [4.78, 5) is 27.9. The molecule has 1 heterocycles. The summed E-state index contributed by atoms with van der Waals surface area (Å²) in [7, 11) is 0. The minimum Gasteiger partial charge on any atom is -0.481 e. The van der Waals surface area contributed by atoms with Gasteiger partial charge in [-0.25, -0.2) is 0 Å². The number of hydrogen-bond acceptors (Lipinski definition) is 3. The predicted octanol–water partition coefficient (Wildman–Crippen LogP) is 2.89. The van der Waals surface area contributed by atoms with Crippen LogP contribution in [0.4, 0.5) is 5.69 Å². The molecular weight excluding hydrogens is 316 g/mol. The van der Waals surface area contributed by atoms with E-state index in [0.717, 1.165) is 13.1 Å². The van der Waals surface area contributed by atoms with Gasteiger partial charge in [0.05, 0.1) is 5.41 Å². The van der Waals surface area contributed by atoms with Crippen molar-refractivity contribution in [1.82, 2.24) is 4.90 Å². The molecule has 0 unspecified atom stereocenters. The summed E-state index contributed by atoms with van der Waals surface area (Å²) in [6, 6.07) is 8.47. The summed E-state index contributed by atoms with van der Waals surface area (Å²) in [6.45, 7) is 9.55. The third-order valence-electron chi connectivity index (χ3n) is 5.48. The third-order valence-corrected chi connectivity index (χ3v) is 5.48. The van der Waals surface area contributed by atoms with Crippen LogP contribution in [0.15, 0.2) is 24.3 Å². The Labute approximate surface area is 149 Å². The number of amides is 1. The molecule has 0 atom stereocenters. The second-order valence-corrected chi connectivity index (χ2v) is 8.40. The minimum absolute atomic E-state index is 0.0105. The van der Waals surface area contributed by atoms with Crippen LogP contribution in [-0.2, 0) is 15.0 Å². The van der Waals surface area contributed by atoms with E-state index < -0.39 is 11.4 Å². The molecule has 5 heteroatoms. The van der Waals surface area contributed by atoms with Crippen molar-refractivity contribution < 1.29 is 14.7 Å². The average Bonchev–Trinajstić information content (AvgIpc) is 3.35. The van der Waals surface area contributed by atoms with Crippen LogP contribution < -0.4 is 4.90 Å². The highest BCUT2D eigenvalue weighted by atomic mass is 16.4. The standard InChI is InChI=1S/C20H28N2O3/c1-19(2,3)15-6-4-5-7-16(15)21-10-12-22(13-11-21)17(23)14-20(8-9-20)18(24)25/h4-7H,8-14H2,1-3H3,(H,24,25). The molecule has 5 nitrogen and oxygen atoms in total. The van der Waals surface area contributed by atoms with Crippen molar-refractivity contribution in [3.63, 3.8) is 0 Å². The SMILES string of the molecule is CC(C)(C)c1ccccc1N1CCN(C(=O)CC2(C(=O)O)CC2)CC1. The maximum absolute atomic E-state index is 12.5. The van der Waals surface area contributed by atoms with Gasteiger partial charge in [-0.15, -0.1) is 0 Å². The van der Waals surface area contributed by atoms with Crippen molar-refractivity contribution in [1.29, 1.82) is 0 Å². The van der Waals surface area contributed by atoms with Gasteiger partial charge in [0.25, 0.3) is 0 Å². The number of para-hydroxylation sites is 1. The molecule has 0 radical (unpaired) electrons. The normalized spacial score (nSPS) is 19.6. The van der Waals surface area contributed by atoms with E-state index in [2.05, 4.69) is 49.9 Å². The molecule has 2 fully saturated rings. The van der Waals surface area contributed by atoms with Gasteiger partial charge >= 0.3 is 5.97 Å². The fraction of sp³-hybridized carbons (Fsp3) is 0.600. The zero-order valence-electron chi connectivity index (χ0n) is 15.4. The van der Waals surface area contributed by atoms with E-state index in [-0.39, 0.29) is 17.7 Å². The summed E-state index contributed by atoms with van der Waals surface area (Å²) in [5.41, 5.74) is 1.86. The Morgan fingerprint density at radius 1 is 1.08 bits per heavy atom. The molecule has 3 rings (SSSR count). The Kier molecular flexibility index (Phi) is 4.52. The van der Waals surface area contributed by atoms with Crippen molar-refractivity contribution >= 4 is 17.6 Å². The highest BCUT2D eigenvalue weighted by molar-refractivity contribution is 5.87. The first-order valence-corrected chi connectivity index (χ1v) is 9.09. The summed E-state index contributed by atoms with van der Waals surface area (Å²) in [6.07, 6.45) is 1.42. The molecule has 1 N–H and O–H groups in total. The Balaban J connectivity index is 1.63. The summed E-state index contributed by atoms with van der Waals surface area (Å²) >= 11 is 0. The van der Waals surface area contributed by atoms with Gasteiger partial charge in [0.2, 0.25) is 5.91 Å². The number of carbonyl (C=O) groups excluding carboxylic acids is 1. The number of carboxylic acid groups (broad SMARTS) is 1. The van der Waals surface area contributed by atoms with Crippen LogP contribution in [0.5, 0.6) is 0 Å². The molecule has 1 aliphatic carbocycles. The van der Waals surface area contributed by atoms with E-state index >= 15 is 0 Å². The minimum atomic E-state index is -0.821. The molecule has 1 aliphatic heterocycles. The monoisotopic (exact) mass is 344 g/mol. The fourth-order valence-corrected chi connectivity index (χ4v) is 3.60. The lowest BCUT2D eigenvalue weighted by Crippen LogP contribution is -2.49. The van der Waals surface area contributed by atoms with Crippen molar-refractivity contribution in [2.75, 3.05) is 31.1 Å². The second kappa shape index (κ2) is 6.36. The molecule has 1 aromatic carbocycles. The number of aliphatic carboxylic acids is 1. The quantitative estimate of drug-likeness (QED) is 0.912. The third kappa shape index (κ3) is 3.65. The maximum atomic E-state index is 12.5. The Bertz CT molecular complexity index is 666. The molecule has 25 heavy (non-hydrogen) atoms. The lowest BCUT2D eigenvalue weighted by atomic mass is 9.85. The zero-order valence-corrected chi connectivity index (χ0v) is 15.4. The highest BCUT2D eigenvalue weighted by Crippen LogP contribution is 2.49. The number of anilines is 1. The van der Waals surface area contributed by atoms with E-state index in [1.54, 1.807) is 0 Å². The van der Waals surface area contributed by atoms with Crippen LogP contribution in [0.25, 0.3) is 0 Å². The van der Waals surface area contributed by atoms with Crippen LogP contribution in [0, 0.1) is 5.41 Å². The molecule has 1 saturated heterocycles. The Morgan fingerprint density at radius 2 is 1.68 bits per heavy atom. The summed E-state index contributed by atoms with van der Waals surface area (Å²) in [5.74, 6) is -0.831. The molecule has 2 aliphatic rings. The van der Waals surface area contributed by atoms with E-state index in [1.807, 2.05) is 4.90 Å². The van der Waals surface area contributed by atoms with Gasteiger partial charge in [-0.05, 0) is 29.9 Å². The van der Waals surface area contributed by atoms with Crippen molar-refractivity contribution in [2.45, 2.75) is 45.4 Å². The molecule has 0 bridgehead atoms. The van der Waals surface area contributed by atoms with Gasteiger partial charge < -0.3 is 14.9 Å². The van der Waals surface area contributed by atoms with Crippen LogP contribution in [0.2, 0.25) is 0 Å². The molecule has 0 aromatic heterocycles. The predicted molar refractivity (Wildman–Crippen MR) is 97.9 cm³/mol. The lowest BCUT2D eigenvalue weighted by Gasteiger charge is -2.39. The van der Waals surface area contributed by atoms with Crippen LogP contribution in [0.3, 0.4) is 0 Å². The van der Waals surface area contributed by atoms with E-state index in [4.69, 9.17) is 0 Å². The first-order valence-electron chi connectivity index (χ1n) is 9.09. The molecule has 0 spiro atoms. The van der Waals surface area contributed by atoms with Crippen molar-refractivity contribution in [3.05, 3.63) is 29.8 Å². The van der Waals surface area contributed by atoms with Gasteiger partial charge in [0, 0.05) is 38.3 Å². The molecule has 136 valence electrons. The van der Waals surface area contributed by atoms with E-state index in [0.29, 0.717) is 25.9 Å². The number of carboxylic acids is 1. The number of piperazine rings is 1. The highest BCUT2D eigenvalue weighted by Gasteiger charge is 2.52. The number of nitrogens with zero attached hydrogens (tertiary/aromatic N) is 2. The van der Waals surface area contributed by atoms with Gasteiger partial charge in [-0.1, -0.05) is 39.0 Å². The first-order chi connectivity index (χ1) is 11.7. The summed E-state index contributed by atoms with van der Waals surface area (Å²) in [5, 5.41) is 9.27. The molecular formula is C20H28N2O3. The van der Waals surface area contributed by atoms with Crippen LogP contribution >= 0.6 is 0 Å². The lowest BCUT2D eigenvalue weighted by molar-refractivity contribution is -0.147. The Morgan fingerprint density at radius 3 is 2.20 bits per heavy atom. The number of benzene rings is 1. The maximum Gasteiger partial charge on any atom is 0.310 e. The van der Waals surface area contributed by atoms with Crippen LogP contribution in [0.1, 0.15) is 45.6 Å². The fourth-order valence-electron chi connectivity index (χ4n) is 3.60. The molecule has 1 saturated carbocycles. The zero-order chi connectivity index (χ0) is 18.2. The molecule has 1 amide bonds. The first kappa shape index (κ1) is 17.8. The summed E-state index contributed by atoms with van der Waals surface area (Å²) < 4.78 is 0. The number of carbonyl (C=O) groups is 2. The Hall–Kier alpha value is -2.04. The average molecular weight is 344 g/mol. The topological polar surface area (TPSA) is 60.9 Å². The van der Waals surface area contributed by atoms with Gasteiger partial charge in [0.15, 0.2) is 0 Å².